The highest BCUT2D eigenvalue weighted by atomic mass is 32.2. The number of hydrogen-bond donors (Lipinski definition) is 2. The number of nitro groups is 1. The molecule has 1 saturated heterocycles. The van der Waals surface area contributed by atoms with Crippen molar-refractivity contribution in [2.24, 2.45) is 5.92 Å². The Morgan fingerprint density at radius 2 is 2.05 bits per heavy atom. The largest absolute Gasteiger partial charge is 0.316 e. The van der Waals surface area contributed by atoms with Crippen LogP contribution in [0.1, 0.15) is 18.4 Å². The maximum atomic E-state index is 12.0. The average molecular weight is 313 g/mol. The zero-order valence-electron chi connectivity index (χ0n) is 11.6. The molecule has 1 aromatic rings. The third-order valence-electron chi connectivity index (χ3n) is 3.49. The molecule has 8 heteroatoms. The van der Waals surface area contributed by atoms with Gasteiger partial charge in [0.15, 0.2) is 0 Å². The summed E-state index contributed by atoms with van der Waals surface area (Å²) >= 11 is 0. The van der Waals surface area contributed by atoms with Crippen LogP contribution in [0.5, 0.6) is 0 Å². The lowest BCUT2D eigenvalue weighted by Gasteiger charge is -2.22. The quantitative estimate of drug-likeness (QED) is 0.603. The molecule has 0 aromatic heterocycles. The number of nitro benzene ring substituents is 1. The molecule has 2 N–H and O–H groups in total. The van der Waals surface area contributed by atoms with Gasteiger partial charge >= 0.3 is 0 Å². The molecule has 1 aromatic carbocycles. The summed E-state index contributed by atoms with van der Waals surface area (Å²) in [5.41, 5.74) is 0.493. The van der Waals surface area contributed by atoms with Crippen LogP contribution in [-0.4, -0.2) is 33.0 Å². The van der Waals surface area contributed by atoms with Gasteiger partial charge in [0.2, 0.25) is 10.0 Å². The molecule has 1 heterocycles. The molecule has 0 saturated carbocycles. The lowest BCUT2D eigenvalue weighted by molar-refractivity contribution is -0.384. The van der Waals surface area contributed by atoms with Crippen molar-refractivity contribution in [1.29, 1.82) is 0 Å². The Labute approximate surface area is 123 Å². The fraction of sp³-hybridized carbons (Fsp3) is 0.538. The van der Waals surface area contributed by atoms with Crippen LogP contribution in [0, 0.1) is 16.0 Å². The highest BCUT2D eigenvalue weighted by Gasteiger charge is 2.17. The van der Waals surface area contributed by atoms with Crippen molar-refractivity contribution in [3.05, 3.63) is 39.9 Å². The summed E-state index contributed by atoms with van der Waals surface area (Å²) in [6.45, 7) is 2.26. The molecule has 0 aliphatic carbocycles. The Hall–Kier alpha value is -1.51. The minimum atomic E-state index is -3.41. The highest BCUT2D eigenvalue weighted by Crippen LogP contribution is 2.14. The Kier molecular flexibility index (Phi) is 5.27. The van der Waals surface area contributed by atoms with E-state index in [-0.39, 0.29) is 11.4 Å². The molecule has 116 valence electrons. The number of benzene rings is 1. The van der Waals surface area contributed by atoms with Gasteiger partial charge in [0.05, 0.1) is 10.7 Å². The maximum absolute atomic E-state index is 12.0. The van der Waals surface area contributed by atoms with Gasteiger partial charge in [-0.2, -0.15) is 0 Å². The van der Waals surface area contributed by atoms with Gasteiger partial charge in [-0.25, -0.2) is 13.1 Å². The molecular weight excluding hydrogens is 294 g/mol. The van der Waals surface area contributed by atoms with E-state index in [0.29, 0.717) is 18.0 Å². The summed E-state index contributed by atoms with van der Waals surface area (Å²) in [6.07, 6.45) is 2.09. The molecule has 1 aliphatic heterocycles. The summed E-state index contributed by atoms with van der Waals surface area (Å²) < 4.78 is 26.6. The van der Waals surface area contributed by atoms with Crippen LogP contribution in [0.15, 0.2) is 24.3 Å². The Morgan fingerprint density at radius 1 is 1.33 bits per heavy atom. The van der Waals surface area contributed by atoms with E-state index in [4.69, 9.17) is 0 Å². The first-order valence-electron chi connectivity index (χ1n) is 6.88. The second-order valence-corrected chi connectivity index (χ2v) is 7.05. The molecule has 1 fully saturated rings. The van der Waals surface area contributed by atoms with Gasteiger partial charge in [-0.1, -0.05) is 12.1 Å². The van der Waals surface area contributed by atoms with Gasteiger partial charge in [0.25, 0.3) is 5.69 Å². The maximum Gasteiger partial charge on any atom is 0.269 e. The summed E-state index contributed by atoms with van der Waals surface area (Å²) in [6, 6.07) is 5.57. The molecule has 0 bridgehead atoms. The van der Waals surface area contributed by atoms with Gasteiger partial charge in [0, 0.05) is 18.7 Å². The van der Waals surface area contributed by atoms with Crippen LogP contribution in [0.2, 0.25) is 0 Å². The van der Waals surface area contributed by atoms with Crippen LogP contribution in [-0.2, 0) is 15.8 Å². The van der Waals surface area contributed by atoms with E-state index in [0.717, 1.165) is 25.9 Å². The second kappa shape index (κ2) is 6.97. The molecule has 1 unspecified atom stereocenters. The minimum Gasteiger partial charge on any atom is -0.316 e. The number of non-ortho nitro benzene ring substituents is 1. The fourth-order valence-electron chi connectivity index (χ4n) is 2.33. The van der Waals surface area contributed by atoms with Crippen LogP contribution in [0.25, 0.3) is 0 Å². The highest BCUT2D eigenvalue weighted by molar-refractivity contribution is 7.88. The van der Waals surface area contributed by atoms with Crippen molar-refractivity contribution < 1.29 is 13.3 Å². The zero-order chi connectivity index (χ0) is 15.3. The standard InChI is InChI=1S/C13H19N3O4S/c17-16(18)13-5-3-11(4-6-13)10-21(19,20)15-9-12-2-1-7-14-8-12/h3-6,12,14-15H,1-2,7-10H2. The second-order valence-electron chi connectivity index (χ2n) is 5.24. The number of nitrogens with one attached hydrogen (secondary N) is 2. The van der Waals surface area contributed by atoms with Gasteiger partial charge in [0.1, 0.15) is 0 Å². The van der Waals surface area contributed by atoms with Crippen molar-refractivity contribution in [2.45, 2.75) is 18.6 Å². The number of hydrogen-bond acceptors (Lipinski definition) is 5. The monoisotopic (exact) mass is 313 g/mol. The molecule has 21 heavy (non-hydrogen) atoms. The Morgan fingerprint density at radius 3 is 2.62 bits per heavy atom. The van der Waals surface area contributed by atoms with E-state index < -0.39 is 14.9 Å². The molecule has 1 atom stereocenters. The van der Waals surface area contributed by atoms with Gasteiger partial charge in [-0.15, -0.1) is 0 Å². The van der Waals surface area contributed by atoms with Crippen molar-refractivity contribution in [3.63, 3.8) is 0 Å². The van der Waals surface area contributed by atoms with E-state index >= 15 is 0 Å². The minimum absolute atomic E-state index is 0.0441. The lowest BCUT2D eigenvalue weighted by atomic mass is 10.0. The smallest absolute Gasteiger partial charge is 0.269 e. The first-order valence-corrected chi connectivity index (χ1v) is 8.53. The van der Waals surface area contributed by atoms with Crippen LogP contribution >= 0.6 is 0 Å². The third-order valence-corrected chi connectivity index (χ3v) is 4.81. The van der Waals surface area contributed by atoms with Crippen LogP contribution in [0.3, 0.4) is 0 Å². The van der Waals surface area contributed by atoms with Crippen molar-refractivity contribution in [3.8, 4) is 0 Å². The van der Waals surface area contributed by atoms with Gasteiger partial charge in [-0.3, -0.25) is 10.1 Å². The molecule has 1 aliphatic rings. The number of nitrogens with zero attached hydrogens (tertiary/aromatic N) is 1. The van der Waals surface area contributed by atoms with Crippen LogP contribution < -0.4 is 10.0 Å². The summed E-state index contributed by atoms with van der Waals surface area (Å²) in [5.74, 6) is 0.163. The average Bonchev–Trinajstić information content (AvgIpc) is 2.46. The van der Waals surface area contributed by atoms with Crippen LogP contribution in [0.4, 0.5) is 5.69 Å². The van der Waals surface area contributed by atoms with E-state index in [1.807, 2.05) is 0 Å². The fourth-order valence-corrected chi connectivity index (χ4v) is 3.55. The van der Waals surface area contributed by atoms with Crippen molar-refractivity contribution in [1.82, 2.24) is 10.0 Å². The SMILES string of the molecule is O=[N+]([O-])c1ccc(CS(=O)(=O)NCC2CCCNC2)cc1. The number of sulfonamides is 1. The Balaban J connectivity index is 1.89. The Bertz CT molecular complexity index is 580. The molecule has 7 nitrogen and oxygen atoms in total. The predicted octanol–water partition coefficient (Wildman–Crippen LogP) is 1.01. The van der Waals surface area contributed by atoms with Crippen molar-refractivity contribution >= 4 is 15.7 Å². The first-order chi connectivity index (χ1) is 9.96. The normalized spacial score (nSPS) is 19.3. The molecular formula is C13H19N3O4S. The summed E-state index contributed by atoms with van der Waals surface area (Å²) in [7, 11) is -3.41. The topological polar surface area (TPSA) is 101 Å². The first kappa shape index (κ1) is 15.9. The lowest BCUT2D eigenvalue weighted by Crippen LogP contribution is -2.38. The summed E-state index contributed by atoms with van der Waals surface area (Å²) in [5, 5.41) is 13.8. The van der Waals surface area contributed by atoms with Gasteiger partial charge < -0.3 is 5.32 Å². The number of piperidine rings is 1. The van der Waals surface area contributed by atoms with E-state index in [1.165, 1.54) is 24.3 Å². The third kappa shape index (κ3) is 5.07. The predicted molar refractivity (Wildman–Crippen MR) is 79.3 cm³/mol. The zero-order valence-corrected chi connectivity index (χ0v) is 12.4. The number of rotatable bonds is 6. The molecule has 2 rings (SSSR count). The van der Waals surface area contributed by atoms with Crippen molar-refractivity contribution in [2.75, 3.05) is 19.6 Å². The summed E-state index contributed by atoms with van der Waals surface area (Å²) in [4.78, 5) is 10.0. The molecule has 0 radical (unpaired) electrons. The molecule has 0 amide bonds. The van der Waals surface area contributed by atoms with E-state index in [1.54, 1.807) is 0 Å². The molecule has 0 spiro atoms. The van der Waals surface area contributed by atoms with E-state index in [2.05, 4.69) is 10.0 Å². The van der Waals surface area contributed by atoms with Gasteiger partial charge in [-0.05, 0) is 37.4 Å². The van der Waals surface area contributed by atoms with E-state index in [9.17, 15) is 18.5 Å².